The second-order valence-corrected chi connectivity index (χ2v) is 8.98. The summed E-state index contributed by atoms with van der Waals surface area (Å²) in [4.78, 5) is 15.7. The topological polar surface area (TPSA) is 89.9 Å². The molecule has 2 aromatic carbocycles. The van der Waals surface area contributed by atoms with Gasteiger partial charge in [0.15, 0.2) is 0 Å². The summed E-state index contributed by atoms with van der Waals surface area (Å²) < 4.78 is 28.9. The Morgan fingerprint density at radius 2 is 1.70 bits per heavy atom. The molecule has 1 aliphatic rings. The van der Waals surface area contributed by atoms with Gasteiger partial charge in [-0.25, -0.2) is 13.2 Å². The van der Waals surface area contributed by atoms with Gasteiger partial charge in [0.1, 0.15) is 0 Å². The van der Waals surface area contributed by atoms with E-state index >= 15 is 0 Å². The van der Waals surface area contributed by atoms with E-state index in [4.69, 9.17) is 0 Å². The summed E-state index contributed by atoms with van der Waals surface area (Å²) in [5, 5.41) is 9.29. The second-order valence-electron chi connectivity index (χ2n) is 6.39. The van der Waals surface area contributed by atoms with Crippen molar-refractivity contribution in [1.29, 1.82) is 0 Å². The van der Waals surface area contributed by atoms with E-state index in [9.17, 15) is 18.3 Å². The number of aromatic carboxylic acids is 1. The minimum absolute atomic E-state index is 0.0291. The van der Waals surface area contributed by atoms with E-state index in [-0.39, 0.29) is 16.1 Å². The van der Waals surface area contributed by atoms with Gasteiger partial charge in [0, 0.05) is 30.7 Å². The van der Waals surface area contributed by atoms with Crippen LogP contribution >= 0.6 is 15.9 Å². The maximum Gasteiger partial charge on any atom is 0.335 e. The number of carboxylic acids is 1. The lowest BCUT2D eigenvalue weighted by Gasteiger charge is -2.35. The predicted octanol–water partition coefficient (Wildman–Crippen LogP) is 2.70. The highest BCUT2D eigenvalue weighted by Gasteiger charge is 2.22. The smallest absolute Gasteiger partial charge is 0.335 e. The molecule has 1 aliphatic heterocycles. The molecule has 27 heavy (non-hydrogen) atoms. The third-order valence-corrected chi connectivity index (χ3v) is 6.37. The number of carbonyl (C=O) groups is 1. The zero-order valence-electron chi connectivity index (χ0n) is 14.7. The monoisotopic (exact) mass is 453 g/mol. The van der Waals surface area contributed by atoms with Crippen molar-refractivity contribution in [2.24, 2.45) is 0 Å². The number of hydrogen-bond donors (Lipinski definition) is 2. The molecule has 7 nitrogen and oxygen atoms in total. The minimum Gasteiger partial charge on any atom is -0.478 e. The molecule has 0 aliphatic carbocycles. The maximum absolute atomic E-state index is 12.8. The Bertz CT molecular complexity index is 940. The third kappa shape index (κ3) is 4.60. The van der Waals surface area contributed by atoms with Crippen LogP contribution in [0.25, 0.3) is 0 Å². The van der Waals surface area contributed by atoms with E-state index < -0.39 is 16.0 Å². The standard InChI is InChI=1S/C18H20BrN3O4S/c1-21-8-10-22(11-9-21)17-7-2-13(18(23)24)12-16(17)20-27(25,26)15-5-3-14(19)4-6-15/h2-7,12,20H,8-11H2,1H3,(H,23,24). The molecule has 1 heterocycles. The normalized spacial score (nSPS) is 15.6. The molecule has 0 amide bonds. The van der Waals surface area contributed by atoms with Crippen LogP contribution in [0.4, 0.5) is 11.4 Å². The van der Waals surface area contributed by atoms with Crippen LogP contribution in [0.2, 0.25) is 0 Å². The van der Waals surface area contributed by atoms with E-state index in [0.29, 0.717) is 5.69 Å². The van der Waals surface area contributed by atoms with Crippen molar-refractivity contribution >= 4 is 43.3 Å². The first kappa shape index (κ1) is 19.7. The molecular formula is C18H20BrN3O4S. The number of sulfonamides is 1. The number of carboxylic acid groups (broad SMARTS) is 1. The van der Waals surface area contributed by atoms with Crippen LogP contribution in [-0.2, 0) is 10.0 Å². The first-order valence-electron chi connectivity index (χ1n) is 8.35. The summed E-state index contributed by atoms with van der Waals surface area (Å²) >= 11 is 3.28. The molecule has 0 spiro atoms. The summed E-state index contributed by atoms with van der Waals surface area (Å²) in [6.45, 7) is 3.16. The van der Waals surface area contributed by atoms with Crippen LogP contribution < -0.4 is 9.62 Å². The largest absolute Gasteiger partial charge is 0.478 e. The Morgan fingerprint density at radius 3 is 2.30 bits per heavy atom. The number of benzene rings is 2. The number of piperazine rings is 1. The average molecular weight is 454 g/mol. The highest BCUT2D eigenvalue weighted by Crippen LogP contribution is 2.30. The number of halogens is 1. The van der Waals surface area contributed by atoms with Crippen LogP contribution in [0.1, 0.15) is 10.4 Å². The molecule has 0 radical (unpaired) electrons. The summed E-state index contributed by atoms with van der Waals surface area (Å²) in [7, 11) is -1.82. The summed E-state index contributed by atoms with van der Waals surface area (Å²) in [6.07, 6.45) is 0. The molecule has 9 heteroatoms. The minimum atomic E-state index is -3.85. The van der Waals surface area contributed by atoms with Crippen molar-refractivity contribution in [2.45, 2.75) is 4.90 Å². The molecule has 2 N–H and O–H groups in total. The number of likely N-dealkylation sites (N-methyl/N-ethyl adjacent to an activating group) is 1. The maximum atomic E-state index is 12.8. The molecule has 0 saturated carbocycles. The lowest BCUT2D eigenvalue weighted by atomic mass is 10.1. The Morgan fingerprint density at radius 1 is 1.07 bits per heavy atom. The zero-order valence-corrected chi connectivity index (χ0v) is 17.1. The van der Waals surface area contributed by atoms with Gasteiger partial charge >= 0.3 is 5.97 Å². The first-order valence-corrected chi connectivity index (χ1v) is 10.6. The molecule has 0 aromatic heterocycles. The van der Waals surface area contributed by atoms with Crippen LogP contribution in [0.3, 0.4) is 0 Å². The average Bonchev–Trinajstić information content (AvgIpc) is 2.62. The Hall–Kier alpha value is -2.10. The van der Waals surface area contributed by atoms with Gasteiger partial charge in [-0.1, -0.05) is 15.9 Å². The second kappa shape index (κ2) is 7.87. The molecule has 3 rings (SSSR count). The number of rotatable bonds is 5. The number of nitrogens with one attached hydrogen (secondary N) is 1. The fraction of sp³-hybridized carbons (Fsp3) is 0.278. The fourth-order valence-corrected chi connectivity index (χ4v) is 4.22. The molecule has 0 unspecified atom stereocenters. The van der Waals surface area contributed by atoms with Crippen molar-refractivity contribution in [1.82, 2.24) is 4.90 Å². The van der Waals surface area contributed by atoms with Crippen molar-refractivity contribution in [3.05, 3.63) is 52.5 Å². The molecule has 144 valence electrons. The van der Waals surface area contributed by atoms with E-state index in [1.807, 2.05) is 7.05 Å². The van der Waals surface area contributed by atoms with Crippen molar-refractivity contribution < 1.29 is 18.3 Å². The SMILES string of the molecule is CN1CCN(c2ccc(C(=O)O)cc2NS(=O)(=O)c2ccc(Br)cc2)CC1. The first-order chi connectivity index (χ1) is 12.8. The Balaban J connectivity index is 1.97. The zero-order chi connectivity index (χ0) is 19.6. The van der Waals surface area contributed by atoms with Gasteiger partial charge in [0.05, 0.1) is 21.8 Å². The summed E-state index contributed by atoms with van der Waals surface area (Å²) in [5.41, 5.74) is 0.970. The van der Waals surface area contributed by atoms with Gasteiger partial charge in [-0.05, 0) is 49.5 Å². The Labute approximate surface area is 166 Å². The van der Waals surface area contributed by atoms with Gasteiger partial charge in [-0.15, -0.1) is 0 Å². The summed E-state index contributed by atoms with van der Waals surface area (Å²) in [6, 6.07) is 10.8. The van der Waals surface area contributed by atoms with Gasteiger partial charge in [0.25, 0.3) is 10.0 Å². The van der Waals surface area contributed by atoms with Crippen LogP contribution in [0, 0.1) is 0 Å². The van der Waals surface area contributed by atoms with E-state index in [2.05, 4.69) is 30.5 Å². The molecule has 2 aromatic rings. The van der Waals surface area contributed by atoms with Crippen LogP contribution in [0.15, 0.2) is 51.8 Å². The van der Waals surface area contributed by atoms with Crippen molar-refractivity contribution in [3.8, 4) is 0 Å². The highest BCUT2D eigenvalue weighted by molar-refractivity contribution is 9.10. The van der Waals surface area contributed by atoms with E-state index in [0.717, 1.165) is 30.7 Å². The molecule has 1 saturated heterocycles. The highest BCUT2D eigenvalue weighted by atomic mass is 79.9. The number of nitrogens with zero attached hydrogens (tertiary/aromatic N) is 2. The third-order valence-electron chi connectivity index (χ3n) is 4.46. The lowest BCUT2D eigenvalue weighted by molar-refractivity contribution is 0.0697. The number of anilines is 2. The lowest BCUT2D eigenvalue weighted by Crippen LogP contribution is -2.44. The van der Waals surface area contributed by atoms with Gasteiger partial charge < -0.3 is 14.9 Å². The molecule has 0 bridgehead atoms. The quantitative estimate of drug-likeness (QED) is 0.722. The van der Waals surface area contributed by atoms with E-state index in [1.165, 1.54) is 24.3 Å². The van der Waals surface area contributed by atoms with Gasteiger partial charge in [0.2, 0.25) is 0 Å². The molecule has 1 fully saturated rings. The summed E-state index contributed by atoms with van der Waals surface area (Å²) in [5.74, 6) is -1.11. The van der Waals surface area contributed by atoms with Crippen LogP contribution in [-0.4, -0.2) is 57.6 Å². The Kier molecular flexibility index (Phi) is 5.73. The van der Waals surface area contributed by atoms with E-state index in [1.54, 1.807) is 18.2 Å². The predicted molar refractivity (Wildman–Crippen MR) is 108 cm³/mol. The molecule has 0 atom stereocenters. The van der Waals surface area contributed by atoms with Crippen LogP contribution in [0.5, 0.6) is 0 Å². The van der Waals surface area contributed by atoms with Crippen molar-refractivity contribution in [2.75, 3.05) is 42.8 Å². The van der Waals surface area contributed by atoms with Gasteiger partial charge in [-0.3, -0.25) is 4.72 Å². The number of hydrogen-bond acceptors (Lipinski definition) is 5. The van der Waals surface area contributed by atoms with Crippen molar-refractivity contribution in [3.63, 3.8) is 0 Å². The molecular weight excluding hydrogens is 434 g/mol. The van der Waals surface area contributed by atoms with Gasteiger partial charge in [-0.2, -0.15) is 0 Å². The fourth-order valence-electron chi connectivity index (χ4n) is 2.89.